The van der Waals surface area contributed by atoms with Crippen molar-refractivity contribution in [3.63, 3.8) is 0 Å². The molecule has 0 saturated heterocycles. The van der Waals surface area contributed by atoms with Gasteiger partial charge in [-0.05, 0) is 113 Å². The summed E-state index contributed by atoms with van der Waals surface area (Å²) >= 11 is 1.86. The molecule has 4 nitrogen and oxygen atoms in total. The number of thiophene rings is 1. The summed E-state index contributed by atoms with van der Waals surface area (Å²) in [5.74, 6) is 0.963. The van der Waals surface area contributed by atoms with Crippen LogP contribution in [-0.4, -0.2) is 0 Å². The van der Waals surface area contributed by atoms with E-state index in [4.69, 9.17) is 8.83 Å². The van der Waals surface area contributed by atoms with Crippen LogP contribution in [0.4, 0.5) is 34.1 Å². The van der Waals surface area contributed by atoms with Crippen molar-refractivity contribution in [2.45, 2.75) is 5.41 Å². The van der Waals surface area contributed by atoms with Crippen molar-refractivity contribution in [1.82, 2.24) is 0 Å². The highest BCUT2D eigenvalue weighted by molar-refractivity contribution is 7.26. The fourth-order valence-corrected chi connectivity index (χ4v) is 12.9. The maximum Gasteiger partial charge on any atom is 0.135 e. The number of anilines is 6. The second-order valence-electron chi connectivity index (χ2n) is 17.9. The van der Waals surface area contributed by atoms with Gasteiger partial charge in [0.1, 0.15) is 27.9 Å². The summed E-state index contributed by atoms with van der Waals surface area (Å²) in [6.45, 7) is 0. The molecule has 1 atom stereocenters. The highest BCUT2D eigenvalue weighted by Crippen LogP contribution is 2.67. The Morgan fingerprint density at radius 1 is 0.338 bits per heavy atom. The normalized spacial score (nSPS) is 14.5. The fourth-order valence-electron chi connectivity index (χ4n) is 11.7. The van der Waals surface area contributed by atoms with Gasteiger partial charge in [-0.3, -0.25) is 0 Å². The monoisotopic (exact) mass is 886 g/mol. The third-order valence-corrected chi connectivity index (χ3v) is 15.6. The molecule has 10 aromatic carbocycles. The standard InChI is InChI=1S/C63H38N2O2S/c1-3-17-39(18-4-1)64(41-34-36-57-49(37-41)43-21-8-12-30-55(43)66-57)42-33-35-47-52(38-42)63(62-59(47)48-24-9-13-31-56(48)67-62)50-26-11-7-23-46(50)60-51(63)27-16-28-53(60)65(40-19-5-2-6-20-40)54-29-15-25-45-44-22-10-14-32-58(44)68-61(45)54/h1-38H. The van der Waals surface area contributed by atoms with Gasteiger partial charge in [-0.1, -0.05) is 146 Å². The topological polar surface area (TPSA) is 32.8 Å². The van der Waals surface area contributed by atoms with Gasteiger partial charge in [0.15, 0.2) is 0 Å². The summed E-state index contributed by atoms with van der Waals surface area (Å²) in [4.78, 5) is 4.87. The molecule has 0 saturated carbocycles. The minimum Gasteiger partial charge on any atom is -0.459 e. The first-order valence-electron chi connectivity index (χ1n) is 23.2. The predicted molar refractivity (Wildman–Crippen MR) is 282 cm³/mol. The highest BCUT2D eigenvalue weighted by atomic mass is 32.1. The van der Waals surface area contributed by atoms with E-state index in [1.165, 1.54) is 53.6 Å². The summed E-state index contributed by atoms with van der Waals surface area (Å²) in [7, 11) is 0. The molecule has 0 aliphatic heterocycles. The van der Waals surface area contributed by atoms with E-state index >= 15 is 0 Å². The van der Waals surface area contributed by atoms with Gasteiger partial charge in [-0.2, -0.15) is 0 Å². The molecule has 0 N–H and O–H groups in total. The van der Waals surface area contributed by atoms with Gasteiger partial charge in [0.05, 0.1) is 16.1 Å². The van der Waals surface area contributed by atoms with Crippen LogP contribution in [0.5, 0.6) is 0 Å². The quantitative estimate of drug-likeness (QED) is 0.167. The Morgan fingerprint density at radius 3 is 1.76 bits per heavy atom. The molecule has 2 aliphatic rings. The van der Waals surface area contributed by atoms with E-state index < -0.39 is 5.41 Å². The first-order chi connectivity index (χ1) is 33.7. The van der Waals surface area contributed by atoms with Crippen molar-refractivity contribution in [2.75, 3.05) is 9.80 Å². The van der Waals surface area contributed by atoms with Crippen LogP contribution in [0.15, 0.2) is 239 Å². The van der Waals surface area contributed by atoms with Crippen LogP contribution in [0, 0.1) is 0 Å². The van der Waals surface area contributed by atoms with Crippen LogP contribution in [0.2, 0.25) is 0 Å². The molecule has 3 aromatic heterocycles. The molecule has 0 amide bonds. The second-order valence-corrected chi connectivity index (χ2v) is 19.0. The molecule has 0 bridgehead atoms. The first-order valence-corrected chi connectivity index (χ1v) is 24.0. The molecule has 5 heteroatoms. The molecular formula is C63H38N2O2S. The van der Waals surface area contributed by atoms with Gasteiger partial charge >= 0.3 is 0 Å². The molecule has 2 aliphatic carbocycles. The van der Waals surface area contributed by atoms with E-state index in [9.17, 15) is 0 Å². The van der Waals surface area contributed by atoms with E-state index in [1.807, 2.05) is 23.5 Å². The summed E-state index contributed by atoms with van der Waals surface area (Å²) in [6.07, 6.45) is 0. The van der Waals surface area contributed by atoms with Crippen LogP contribution in [-0.2, 0) is 5.41 Å². The van der Waals surface area contributed by atoms with Crippen molar-refractivity contribution < 1.29 is 8.83 Å². The number of nitrogens with zero attached hydrogens (tertiary/aromatic N) is 2. The minimum atomic E-state index is -0.777. The minimum absolute atomic E-state index is 0.777. The maximum absolute atomic E-state index is 7.32. The van der Waals surface area contributed by atoms with Crippen LogP contribution in [0.1, 0.15) is 22.5 Å². The van der Waals surface area contributed by atoms with E-state index in [1.54, 1.807) is 0 Å². The van der Waals surface area contributed by atoms with Gasteiger partial charge in [0, 0.05) is 65.5 Å². The number of benzene rings is 10. The number of para-hydroxylation sites is 4. The van der Waals surface area contributed by atoms with Crippen LogP contribution < -0.4 is 9.80 Å². The van der Waals surface area contributed by atoms with Crippen LogP contribution in [0.25, 0.3) is 75.3 Å². The summed E-state index contributed by atoms with van der Waals surface area (Å²) in [5, 5.41) is 5.85. The zero-order valence-electron chi connectivity index (χ0n) is 36.6. The zero-order valence-corrected chi connectivity index (χ0v) is 37.4. The Balaban J connectivity index is 1.02. The molecule has 1 unspecified atom stereocenters. The van der Waals surface area contributed by atoms with E-state index in [0.29, 0.717) is 0 Å². The Bertz CT molecular complexity index is 4180. The molecule has 3 heterocycles. The number of hydrogen-bond donors (Lipinski definition) is 0. The van der Waals surface area contributed by atoms with Crippen molar-refractivity contribution >= 4 is 98.5 Å². The van der Waals surface area contributed by atoms with Gasteiger partial charge in [-0.25, -0.2) is 0 Å². The van der Waals surface area contributed by atoms with Gasteiger partial charge in [0.2, 0.25) is 0 Å². The first kappa shape index (κ1) is 37.6. The van der Waals surface area contributed by atoms with Crippen molar-refractivity contribution in [2.24, 2.45) is 0 Å². The average molecular weight is 887 g/mol. The van der Waals surface area contributed by atoms with Gasteiger partial charge in [0.25, 0.3) is 0 Å². The molecule has 0 fully saturated rings. The molecule has 1 spiro atoms. The maximum atomic E-state index is 7.32. The van der Waals surface area contributed by atoms with E-state index in [0.717, 1.165) is 78.4 Å². The highest BCUT2D eigenvalue weighted by Gasteiger charge is 2.56. The van der Waals surface area contributed by atoms with Gasteiger partial charge in [-0.15, -0.1) is 11.3 Å². The molecule has 0 radical (unpaired) electrons. The van der Waals surface area contributed by atoms with Crippen molar-refractivity contribution in [1.29, 1.82) is 0 Å². The number of rotatable bonds is 6. The lowest BCUT2D eigenvalue weighted by atomic mass is 9.73. The number of fused-ring (bicyclic) bond motifs is 18. The Labute approximate surface area is 395 Å². The largest absolute Gasteiger partial charge is 0.459 e. The smallest absolute Gasteiger partial charge is 0.135 e. The Morgan fingerprint density at radius 2 is 0.926 bits per heavy atom. The Hall–Kier alpha value is -8.64. The molecule has 68 heavy (non-hydrogen) atoms. The SMILES string of the molecule is c1ccc(N(c2ccc3c(c2)C2(c4ccccc4-c4c(N(c5ccccc5)c5cccc6c5sc5ccccc56)cccc42)c2oc4ccccc4c2-3)c2ccc3oc4ccccc4c3c2)cc1. The predicted octanol–water partition coefficient (Wildman–Crippen LogP) is 18.0. The van der Waals surface area contributed by atoms with Gasteiger partial charge < -0.3 is 18.6 Å². The molecule has 13 aromatic rings. The van der Waals surface area contributed by atoms with Crippen LogP contribution in [0.3, 0.4) is 0 Å². The Kier molecular flexibility index (Phi) is 7.83. The summed E-state index contributed by atoms with van der Waals surface area (Å²) in [5.41, 5.74) is 16.8. The zero-order chi connectivity index (χ0) is 44.5. The van der Waals surface area contributed by atoms with E-state index in [-0.39, 0.29) is 0 Å². The van der Waals surface area contributed by atoms with E-state index in [2.05, 4.69) is 228 Å². The summed E-state index contributed by atoms with van der Waals surface area (Å²) in [6, 6.07) is 83.6. The third-order valence-electron chi connectivity index (χ3n) is 14.4. The number of furan rings is 2. The molecule has 318 valence electrons. The van der Waals surface area contributed by atoms with Crippen molar-refractivity contribution in [3.05, 3.63) is 253 Å². The lowest BCUT2D eigenvalue weighted by Crippen LogP contribution is -2.26. The molecular weight excluding hydrogens is 849 g/mol. The molecule has 15 rings (SSSR count). The third kappa shape index (κ3) is 5.08. The van der Waals surface area contributed by atoms with Crippen LogP contribution >= 0.6 is 11.3 Å². The lowest BCUT2D eigenvalue weighted by Gasteiger charge is -2.32. The lowest BCUT2D eigenvalue weighted by molar-refractivity contribution is 0.507. The van der Waals surface area contributed by atoms with Crippen molar-refractivity contribution in [3.8, 4) is 22.3 Å². The summed E-state index contributed by atoms with van der Waals surface area (Å²) < 4.78 is 16.2. The number of hydrogen-bond acceptors (Lipinski definition) is 5. The second kappa shape index (κ2) is 14.2. The fraction of sp³-hybridized carbons (Fsp3) is 0.0159. The average Bonchev–Trinajstić information content (AvgIpc) is 4.20.